The van der Waals surface area contributed by atoms with Crippen molar-refractivity contribution in [2.24, 2.45) is 5.92 Å². The van der Waals surface area contributed by atoms with Crippen molar-refractivity contribution in [1.29, 1.82) is 0 Å². The number of hydrogen-bond acceptors (Lipinski definition) is 5. The lowest BCUT2D eigenvalue weighted by Gasteiger charge is -2.17. The van der Waals surface area contributed by atoms with Crippen molar-refractivity contribution >= 4 is 11.9 Å². The number of hydrogen-bond donors (Lipinski definition) is 2. The van der Waals surface area contributed by atoms with E-state index in [1.54, 1.807) is 0 Å². The van der Waals surface area contributed by atoms with Crippen molar-refractivity contribution in [2.75, 3.05) is 14.2 Å². The SMILES string of the molecule is COc1cc(C(=O)NC(C(=O)O)C2CC2)cc(OC)c1OCc1ccccc1. The maximum Gasteiger partial charge on any atom is 0.326 e. The van der Waals surface area contributed by atoms with Gasteiger partial charge in [0.2, 0.25) is 5.75 Å². The summed E-state index contributed by atoms with van der Waals surface area (Å²) in [5, 5.41) is 11.9. The lowest BCUT2D eigenvalue weighted by atomic mass is 10.1. The van der Waals surface area contributed by atoms with Crippen LogP contribution in [0.3, 0.4) is 0 Å². The van der Waals surface area contributed by atoms with Crippen LogP contribution in [-0.2, 0) is 11.4 Å². The molecule has 3 rings (SSSR count). The summed E-state index contributed by atoms with van der Waals surface area (Å²) in [4.78, 5) is 24.0. The average molecular weight is 385 g/mol. The molecule has 28 heavy (non-hydrogen) atoms. The largest absolute Gasteiger partial charge is 0.493 e. The number of carboxylic acids is 1. The van der Waals surface area contributed by atoms with E-state index in [0.29, 0.717) is 23.9 Å². The van der Waals surface area contributed by atoms with Crippen LogP contribution in [0, 0.1) is 5.92 Å². The molecule has 1 atom stereocenters. The highest BCUT2D eigenvalue weighted by Crippen LogP contribution is 2.39. The molecule has 1 saturated carbocycles. The summed E-state index contributed by atoms with van der Waals surface area (Å²) in [6.45, 7) is 0.307. The molecule has 0 spiro atoms. The molecule has 1 aliphatic carbocycles. The third kappa shape index (κ3) is 4.54. The monoisotopic (exact) mass is 385 g/mol. The number of carbonyl (C=O) groups is 2. The van der Waals surface area contributed by atoms with Crippen LogP contribution in [0.4, 0.5) is 0 Å². The van der Waals surface area contributed by atoms with Gasteiger partial charge in [-0.2, -0.15) is 0 Å². The van der Waals surface area contributed by atoms with Crippen LogP contribution in [0.25, 0.3) is 0 Å². The smallest absolute Gasteiger partial charge is 0.326 e. The summed E-state index contributed by atoms with van der Waals surface area (Å²) in [5.41, 5.74) is 1.22. The first-order valence-corrected chi connectivity index (χ1v) is 9.00. The van der Waals surface area contributed by atoms with Crippen molar-refractivity contribution in [1.82, 2.24) is 5.32 Å². The van der Waals surface area contributed by atoms with E-state index in [4.69, 9.17) is 14.2 Å². The molecule has 1 fully saturated rings. The summed E-state index contributed by atoms with van der Waals surface area (Å²) in [6.07, 6.45) is 1.60. The molecular weight excluding hydrogens is 362 g/mol. The van der Waals surface area contributed by atoms with E-state index in [-0.39, 0.29) is 11.5 Å². The fraction of sp³-hybridized carbons (Fsp3) is 0.333. The van der Waals surface area contributed by atoms with Crippen LogP contribution >= 0.6 is 0 Å². The molecule has 1 amide bonds. The van der Waals surface area contributed by atoms with Crippen molar-refractivity contribution in [3.8, 4) is 17.2 Å². The molecule has 2 aromatic carbocycles. The highest BCUT2D eigenvalue weighted by Gasteiger charge is 2.37. The molecule has 7 nitrogen and oxygen atoms in total. The Balaban J connectivity index is 1.81. The zero-order valence-electron chi connectivity index (χ0n) is 15.8. The number of carboxylic acid groups (broad SMARTS) is 1. The summed E-state index contributed by atoms with van der Waals surface area (Å²) in [5.74, 6) is -0.498. The van der Waals surface area contributed by atoms with Crippen LogP contribution in [0.1, 0.15) is 28.8 Å². The summed E-state index contributed by atoms with van der Waals surface area (Å²) >= 11 is 0. The molecule has 2 N–H and O–H groups in total. The minimum atomic E-state index is -1.03. The predicted octanol–water partition coefficient (Wildman–Crippen LogP) is 2.88. The Morgan fingerprint density at radius 2 is 1.71 bits per heavy atom. The van der Waals surface area contributed by atoms with E-state index >= 15 is 0 Å². The van der Waals surface area contributed by atoms with Gasteiger partial charge in [0, 0.05) is 5.56 Å². The quantitative estimate of drug-likeness (QED) is 0.689. The van der Waals surface area contributed by atoms with Gasteiger partial charge >= 0.3 is 5.97 Å². The van der Waals surface area contributed by atoms with E-state index in [1.165, 1.54) is 26.4 Å². The third-order valence-corrected chi connectivity index (χ3v) is 4.59. The normalized spacial score (nSPS) is 14.1. The molecule has 1 unspecified atom stereocenters. The maximum atomic E-state index is 12.6. The number of aliphatic carboxylic acids is 1. The molecule has 148 valence electrons. The van der Waals surface area contributed by atoms with Gasteiger partial charge in [-0.15, -0.1) is 0 Å². The Bertz CT molecular complexity index is 822. The Morgan fingerprint density at radius 3 is 2.21 bits per heavy atom. The highest BCUT2D eigenvalue weighted by atomic mass is 16.5. The number of ether oxygens (including phenoxy) is 3. The number of carbonyl (C=O) groups excluding carboxylic acids is 1. The molecule has 0 bridgehead atoms. The van der Waals surface area contributed by atoms with Gasteiger partial charge in [0.05, 0.1) is 14.2 Å². The number of benzene rings is 2. The second kappa shape index (κ2) is 8.65. The topological polar surface area (TPSA) is 94.1 Å². The molecule has 0 radical (unpaired) electrons. The zero-order valence-corrected chi connectivity index (χ0v) is 15.8. The van der Waals surface area contributed by atoms with Gasteiger partial charge in [-0.25, -0.2) is 4.79 Å². The predicted molar refractivity (Wildman–Crippen MR) is 102 cm³/mol. The first kappa shape index (κ1) is 19.5. The molecule has 2 aromatic rings. The number of amides is 1. The standard InChI is InChI=1S/C21H23NO6/c1-26-16-10-15(20(23)22-18(21(24)25)14-8-9-14)11-17(27-2)19(16)28-12-13-6-4-3-5-7-13/h3-7,10-11,14,18H,8-9,12H2,1-2H3,(H,22,23)(H,24,25). The lowest BCUT2D eigenvalue weighted by molar-refractivity contribution is -0.139. The molecule has 0 heterocycles. The minimum absolute atomic E-state index is 0.0151. The Kier molecular flexibility index (Phi) is 6.03. The molecule has 1 aliphatic rings. The third-order valence-electron chi connectivity index (χ3n) is 4.59. The number of rotatable bonds is 9. The van der Waals surface area contributed by atoms with Gasteiger partial charge in [-0.05, 0) is 36.5 Å². The molecule has 0 saturated heterocycles. The van der Waals surface area contributed by atoms with Crippen LogP contribution in [0.15, 0.2) is 42.5 Å². The number of methoxy groups -OCH3 is 2. The molecule has 0 aliphatic heterocycles. The van der Waals surface area contributed by atoms with Gasteiger partial charge in [-0.1, -0.05) is 30.3 Å². The van der Waals surface area contributed by atoms with E-state index in [0.717, 1.165) is 18.4 Å². The Labute approximate surface area is 163 Å². The van der Waals surface area contributed by atoms with Crippen LogP contribution in [0.5, 0.6) is 17.2 Å². The van der Waals surface area contributed by atoms with Gasteiger partial charge < -0.3 is 24.6 Å². The number of nitrogens with one attached hydrogen (secondary N) is 1. The summed E-state index contributed by atoms with van der Waals surface area (Å²) < 4.78 is 16.6. The van der Waals surface area contributed by atoms with E-state index < -0.39 is 17.9 Å². The maximum absolute atomic E-state index is 12.6. The average Bonchev–Trinajstić information content (AvgIpc) is 3.55. The molecule has 7 heteroatoms. The first-order chi connectivity index (χ1) is 13.5. The summed E-state index contributed by atoms with van der Waals surface area (Å²) in [6, 6.07) is 11.8. The Hall–Kier alpha value is -3.22. The van der Waals surface area contributed by atoms with Crippen molar-refractivity contribution in [2.45, 2.75) is 25.5 Å². The highest BCUT2D eigenvalue weighted by molar-refractivity contribution is 5.98. The first-order valence-electron chi connectivity index (χ1n) is 9.00. The van der Waals surface area contributed by atoms with E-state index in [9.17, 15) is 14.7 Å². The lowest BCUT2D eigenvalue weighted by Crippen LogP contribution is -2.42. The van der Waals surface area contributed by atoms with Crippen LogP contribution < -0.4 is 19.5 Å². The fourth-order valence-corrected chi connectivity index (χ4v) is 2.92. The molecule has 0 aromatic heterocycles. The fourth-order valence-electron chi connectivity index (χ4n) is 2.92. The van der Waals surface area contributed by atoms with Crippen LogP contribution in [-0.4, -0.2) is 37.2 Å². The zero-order chi connectivity index (χ0) is 20.1. The van der Waals surface area contributed by atoms with Gasteiger partial charge in [0.25, 0.3) is 5.91 Å². The minimum Gasteiger partial charge on any atom is -0.493 e. The van der Waals surface area contributed by atoms with E-state index in [2.05, 4.69) is 5.32 Å². The Morgan fingerprint density at radius 1 is 1.11 bits per heavy atom. The van der Waals surface area contributed by atoms with Crippen molar-refractivity contribution in [3.05, 3.63) is 53.6 Å². The van der Waals surface area contributed by atoms with Gasteiger partial charge in [-0.3, -0.25) is 4.79 Å². The van der Waals surface area contributed by atoms with Crippen molar-refractivity contribution in [3.63, 3.8) is 0 Å². The van der Waals surface area contributed by atoms with Gasteiger partial charge in [0.1, 0.15) is 12.6 Å². The van der Waals surface area contributed by atoms with Crippen LogP contribution in [0.2, 0.25) is 0 Å². The van der Waals surface area contributed by atoms with E-state index in [1.807, 2.05) is 30.3 Å². The molecular formula is C21H23NO6. The second-order valence-corrected chi connectivity index (χ2v) is 6.61. The second-order valence-electron chi connectivity index (χ2n) is 6.61. The summed E-state index contributed by atoms with van der Waals surface area (Å²) in [7, 11) is 2.94. The van der Waals surface area contributed by atoms with Crippen molar-refractivity contribution < 1.29 is 28.9 Å². The van der Waals surface area contributed by atoms with Gasteiger partial charge in [0.15, 0.2) is 11.5 Å².